The normalized spacial score (nSPS) is 18.8. The Balaban J connectivity index is 2.12. The van der Waals surface area contributed by atoms with Crippen LogP contribution in [0.1, 0.15) is 13.8 Å². The number of rotatable bonds is 4. The van der Waals surface area contributed by atoms with Gasteiger partial charge in [0.15, 0.2) is 0 Å². The minimum absolute atomic E-state index is 0.0788. The molecule has 1 atom stereocenters. The monoisotopic (exact) mass is 358 g/mol. The number of allylic oxidation sites excluding steroid dienone is 1. The molecular formula is C17H15FN4O2S. The van der Waals surface area contributed by atoms with Gasteiger partial charge in [0.1, 0.15) is 11.7 Å². The molecule has 1 aromatic rings. The van der Waals surface area contributed by atoms with Crippen LogP contribution in [0.3, 0.4) is 0 Å². The van der Waals surface area contributed by atoms with E-state index in [9.17, 15) is 19.2 Å². The number of hydrogen-bond acceptors (Lipinski definition) is 5. The molecule has 0 saturated heterocycles. The lowest BCUT2D eigenvalue weighted by molar-refractivity contribution is -0.125. The molecule has 1 heterocycles. The molecular weight excluding hydrogens is 343 g/mol. The molecule has 2 amide bonds. The van der Waals surface area contributed by atoms with E-state index < -0.39 is 29.0 Å². The highest BCUT2D eigenvalue weighted by atomic mass is 32.2. The summed E-state index contributed by atoms with van der Waals surface area (Å²) in [7, 11) is 0. The van der Waals surface area contributed by atoms with E-state index in [0.717, 1.165) is 11.8 Å². The summed E-state index contributed by atoms with van der Waals surface area (Å²) >= 11 is 0.990. The third-order valence-electron chi connectivity index (χ3n) is 3.79. The van der Waals surface area contributed by atoms with Crippen LogP contribution in [0.25, 0.3) is 0 Å². The number of benzene rings is 1. The number of halogens is 1. The molecule has 25 heavy (non-hydrogen) atoms. The lowest BCUT2D eigenvalue weighted by Gasteiger charge is -2.34. The molecule has 6 nitrogen and oxygen atoms in total. The lowest BCUT2D eigenvalue weighted by atomic mass is 9.72. The summed E-state index contributed by atoms with van der Waals surface area (Å²) in [6, 6.07) is 9.40. The molecule has 0 spiro atoms. The summed E-state index contributed by atoms with van der Waals surface area (Å²) in [4.78, 5) is 24.1. The van der Waals surface area contributed by atoms with Crippen LogP contribution in [0.15, 0.2) is 34.9 Å². The van der Waals surface area contributed by atoms with Gasteiger partial charge in [-0.05, 0) is 18.2 Å². The zero-order valence-electron chi connectivity index (χ0n) is 13.6. The van der Waals surface area contributed by atoms with Gasteiger partial charge in [-0.1, -0.05) is 31.7 Å². The first-order chi connectivity index (χ1) is 11.8. The van der Waals surface area contributed by atoms with Gasteiger partial charge in [0.25, 0.3) is 0 Å². The average molecular weight is 358 g/mol. The van der Waals surface area contributed by atoms with Crippen LogP contribution in [-0.4, -0.2) is 17.6 Å². The van der Waals surface area contributed by atoms with Crippen molar-refractivity contribution in [3.63, 3.8) is 0 Å². The Kier molecular flexibility index (Phi) is 5.45. The lowest BCUT2D eigenvalue weighted by Crippen LogP contribution is -2.44. The Labute approximate surface area is 148 Å². The van der Waals surface area contributed by atoms with E-state index in [1.54, 1.807) is 19.9 Å². The second-order valence-corrected chi connectivity index (χ2v) is 6.92. The van der Waals surface area contributed by atoms with Crippen LogP contribution < -0.4 is 10.6 Å². The Morgan fingerprint density at radius 2 is 2.16 bits per heavy atom. The van der Waals surface area contributed by atoms with Crippen LogP contribution in [0.2, 0.25) is 0 Å². The number of thioether (sulfide) groups is 1. The maximum Gasteiger partial charge on any atom is 0.243 e. The van der Waals surface area contributed by atoms with Crippen LogP contribution in [-0.2, 0) is 9.59 Å². The van der Waals surface area contributed by atoms with E-state index >= 15 is 0 Å². The van der Waals surface area contributed by atoms with Gasteiger partial charge in [-0.25, -0.2) is 4.39 Å². The number of amides is 2. The fourth-order valence-corrected chi connectivity index (χ4v) is 3.41. The van der Waals surface area contributed by atoms with Crippen molar-refractivity contribution >= 4 is 29.3 Å². The SMILES string of the molecule is CC1(C)C(C#N)=C(SCC(=O)Nc2cccc(F)c2)NC(=O)[C@@H]1C#N. The molecule has 2 N–H and O–H groups in total. The Bertz CT molecular complexity index is 836. The van der Waals surface area contributed by atoms with E-state index in [1.165, 1.54) is 18.2 Å². The first kappa shape index (κ1) is 18.5. The van der Waals surface area contributed by atoms with Crippen LogP contribution >= 0.6 is 11.8 Å². The van der Waals surface area contributed by atoms with E-state index in [-0.39, 0.29) is 16.4 Å². The molecule has 0 fully saturated rings. The van der Waals surface area contributed by atoms with E-state index in [4.69, 9.17) is 5.26 Å². The highest BCUT2D eigenvalue weighted by Crippen LogP contribution is 2.41. The van der Waals surface area contributed by atoms with E-state index in [1.807, 2.05) is 12.1 Å². The Morgan fingerprint density at radius 3 is 2.76 bits per heavy atom. The zero-order valence-corrected chi connectivity index (χ0v) is 14.4. The van der Waals surface area contributed by atoms with Crippen molar-refractivity contribution in [2.75, 3.05) is 11.1 Å². The van der Waals surface area contributed by atoms with Crippen LogP contribution in [0.4, 0.5) is 10.1 Å². The van der Waals surface area contributed by atoms with Gasteiger partial charge in [-0.3, -0.25) is 9.59 Å². The summed E-state index contributed by atoms with van der Waals surface area (Å²) in [6.45, 7) is 3.29. The number of carbonyl (C=O) groups excluding carboxylic acids is 2. The summed E-state index contributed by atoms with van der Waals surface area (Å²) < 4.78 is 13.1. The number of carbonyl (C=O) groups is 2. The van der Waals surface area contributed by atoms with E-state index in [0.29, 0.717) is 5.69 Å². The van der Waals surface area contributed by atoms with Crippen molar-refractivity contribution in [2.45, 2.75) is 13.8 Å². The van der Waals surface area contributed by atoms with Crippen molar-refractivity contribution in [3.8, 4) is 12.1 Å². The molecule has 1 aliphatic rings. The maximum absolute atomic E-state index is 13.1. The minimum Gasteiger partial charge on any atom is -0.325 e. The second-order valence-electron chi connectivity index (χ2n) is 5.94. The zero-order chi connectivity index (χ0) is 18.6. The van der Waals surface area contributed by atoms with Gasteiger partial charge >= 0.3 is 0 Å². The Hall–Kier alpha value is -2.84. The molecule has 0 bridgehead atoms. The largest absolute Gasteiger partial charge is 0.325 e. The van der Waals surface area contributed by atoms with Gasteiger partial charge in [-0.2, -0.15) is 10.5 Å². The van der Waals surface area contributed by atoms with Crippen molar-refractivity contribution in [1.82, 2.24) is 5.32 Å². The molecule has 8 heteroatoms. The standard InChI is InChI=1S/C17H15FN4O2S/c1-17(2)12(7-19)15(24)22-16(13(17)8-20)25-9-14(23)21-11-5-3-4-10(18)6-11/h3-6,12H,9H2,1-2H3,(H,21,23)(H,22,24)/t12-/m0/s1. The summed E-state index contributed by atoms with van der Waals surface area (Å²) in [5.74, 6) is -2.43. The van der Waals surface area contributed by atoms with Gasteiger partial charge in [0.05, 0.1) is 28.5 Å². The highest BCUT2D eigenvalue weighted by molar-refractivity contribution is 8.03. The maximum atomic E-state index is 13.1. The number of nitriles is 2. The van der Waals surface area contributed by atoms with Gasteiger partial charge in [-0.15, -0.1) is 0 Å². The fourth-order valence-electron chi connectivity index (χ4n) is 2.44. The second kappa shape index (κ2) is 7.37. The van der Waals surface area contributed by atoms with Gasteiger partial charge < -0.3 is 10.6 Å². The molecule has 0 saturated carbocycles. The van der Waals surface area contributed by atoms with Crippen LogP contribution in [0.5, 0.6) is 0 Å². The predicted octanol–water partition coefficient (Wildman–Crippen LogP) is 2.53. The van der Waals surface area contributed by atoms with Gasteiger partial charge in [0, 0.05) is 11.1 Å². The van der Waals surface area contributed by atoms with Crippen molar-refractivity contribution in [2.24, 2.45) is 11.3 Å². The third-order valence-corrected chi connectivity index (χ3v) is 4.79. The molecule has 0 unspecified atom stereocenters. The third kappa shape index (κ3) is 3.98. The molecule has 0 aromatic heterocycles. The first-order valence-electron chi connectivity index (χ1n) is 7.33. The summed E-state index contributed by atoms with van der Waals surface area (Å²) in [5.41, 5.74) is -0.382. The Morgan fingerprint density at radius 1 is 1.44 bits per heavy atom. The minimum atomic E-state index is -0.979. The smallest absolute Gasteiger partial charge is 0.243 e. The average Bonchev–Trinajstić information content (AvgIpc) is 2.52. The molecule has 0 radical (unpaired) electrons. The number of anilines is 1. The highest BCUT2D eigenvalue weighted by Gasteiger charge is 2.44. The van der Waals surface area contributed by atoms with Crippen molar-refractivity contribution in [3.05, 3.63) is 40.7 Å². The van der Waals surface area contributed by atoms with Gasteiger partial charge in [0.2, 0.25) is 11.8 Å². The quantitative estimate of drug-likeness (QED) is 0.860. The first-order valence-corrected chi connectivity index (χ1v) is 8.31. The van der Waals surface area contributed by atoms with Crippen LogP contribution in [0, 0.1) is 39.8 Å². The topological polar surface area (TPSA) is 106 Å². The number of nitrogens with zero attached hydrogens (tertiary/aromatic N) is 2. The molecule has 2 rings (SSSR count). The van der Waals surface area contributed by atoms with E-state index in [2.05, 4.69) is 10.6 Å². The number of nitrogens with one attached hydrogen (secondary N) is 2. The fraction of sp³-hybridized carbons (Fsp3) is 0.294. The molecule has 128 valence electrons. The predicted molar refractivity (Wildman–Crippen MR) is 91.2 cm³/mol. The van der Waals surface area contributed by atoms with Crippen molar-refractivity contribution < 1.29 is 14.0 Å². The molecule has 0 aliphatic carbocycles. The van der Waals surface area contributed by atoms with Crippen molar-refractivity contribution in [1.29, 1.82) is 10.5 Å². The summed E-state index contributed by atoms with van der Waals surface area (Å²) in [6.07, 6.45) is 0. The number of hydrogen-bond donors (Lipinski definition) is 2. The molecule has 1 aromatic carbocycles. The summed E-state index contributed by atoms with van der Waals surface area (Å²) in [5, 5.41) is 23.9. The molecule has 1 aliphatic heterocycles.